The van der Waals surface area contributed by atoms with Gasteiger partial charge in [0.1, 0.15) is 0 Å². The molecule has 0 aromatic rings. The molecule has 0 heterocycles. The van der Waals surface area contributed by atoms with Crippen LogP contribution in [0, 0.1) is 17.3 Å². The molecule has 0 bridgehead atoms. The molecule has 0 saturated heterocycles. The van der Waals surface area contributed by atoms with Gasteiger partial charge in [0.05, 0.1) is 5.60 Å². The maximum absolute atomic E-state index is 9.66. The summed E-state index contributed by atoms with van der Waals surface area (Å²) in [5.41, 5.74) is -0.0264. The molecule has 0 aliphatic carbocycles. The van der Waals surface area contributed by atoms with Gasteiger partial charge in [-0.3, -0.25) is 0 Å². The SMILES string of the molecule is CC(CCCC(C)(C)O)CCC(C)(C)C(C)C. The summed E-state index contributed by atoms with van der Waals surface area (Å²) in [5, 5.41) is 9.66. The Morgan fingerprint density at radius 1 is 0.882 bits per heavy atom. The second-order valence-electron chi connectivity index (χ2n) is 7.49. The Bertz CT molecular complexity index is 198. The molecule has 104 valence electrons. The van der Waals surface area contributed by atoms with Crippen molar-refractivity contribution in [2.75, 3.05) is 0 Å². The Balaban J connectivity index is 3.77. The zero-order chi connectivity index (χ0) is 13.7. The van der Waals surface area contributed by atoms with Crippen LogP contribution in [-0.2, 0) is 0 Å². The van der Waals surface area contributed by atoms with E-state index in [1.54, 1.807) is 0 Å². The lowest BCUT2D eigenvalue weighted by Gasteiger charge is -2.30. The van der Waals surface area contributed by atoms with E-state index in [0.29, 0.717) is 5.41 Å². The van der Waals surface area contributed by atoms with Gasteiger partial charge in [-0.15, -0.1) is 0 Å². The Kier molecular flexibility index (Phi) is 6.76. The predicted octanol–water partition coefficient (Wildman–Crippen LogP) is 5.03. The van der Waals surface area contributed by atoms with Crippen molar-refractivity contribution in [3.05, 3.63) is 0 Å². The van der Waals surface area contributed by atoms with Crippen molar-refractivity contribution >= 4 is 0 Å². The molecule has 1 nitrogen and oxygen atoms in total. The highest BCUT2D eigenvalue weighted by Crippen LogP contribution is 2.33. The monoisotopic (exact) mass is 242 g/mol. The maximum Gasteiger partial charge on any atom is 0.0591 e. The minimum absolute atomic E-state index is 0.463. The Labute approximate surface area is 109 Å². The fraction of sp³-hybridized carbons (Fsp3) is 1.00. The molecule has 1 N–H and O–H groups in total. The largest absolute Gasteiger partial charge is 0.390 e. The summed E-state index contributed by atoms with van der Waals surface area (Å²) in [6, 6.07) is 0. The summed E-state index contributed by atoms with van der Waals surface area (Å²) in [6.45, 7) is 15.5. The van der Waals surface area contributed by atoms with Gasteiger partial charge in [0.2, 0.25) is 0 Å². The zero-order valence-corrected chi connectivity index (χ0v) is 13.1. The fourth-order valence-electron chi connectivity index (χ4n) is 1.93. The quantitative estimate of drug-likeness (QED) is 0.633. The first-order valence-electron chi connectivity index (χ1n) is 7.27. The van der Waals surface area contributed by atoms with E-state index < -0.39 is 5.60 Å². The van der Waals surface area contributed by atoms with E-state index in [9.17, 15) is 5.11 Å². The van der Waals surface area contributed by atoms with Crippen LogP contribution in [0.5, 0.6) is 0 Å². The third kappa shape index (κ3) is 8.65. The molecule has 1 heteroatoms. The summed E-state index contributed by atoms with van der Waals surface area (Å²) < 4.78 is 0. The van der Waals surface area contributed by atoms with Crippen LogP contribution < -0.4 is 0 Å². The van der Waals surface area contributed by atoms with E-state index in [1.165, 1.54) is 19.3 Å². The molecule has 0 fully saturated rings. The van der Waals surface area contributed by atoms with Gasteiger partial charge < -0.3 is 5.11 Å². The van der Waals surface area contributed by atoms with Gasteiger partial charge in [0.15, 0.2) is 0 Å². The number of aliphatic hydroxyl groups is 1. The van der Waals surface area contributed by atoms with Gasteiger partial charge in [0.25, 0.3) is 0 Å². The molecule has 1 unspecified atom stereocenters. The molecule has 0 aliphatic rings. The molecule has 0 amide bonds. The van der Waals surface area contributed by atoms with Gasteiger partial charge in [-0.05, 0) is 43.9 Å². The van der Waals surface area contributed by atoms with Gasteiger partial charge in [-0.25, -0.2) is 0 Å². The summed E-state index contributed by atoms with van der Waals surface area (Å²) in [7, 11) is 0. The van der Waals surface area contributed by atoms with Crippen LogP contribution in [0.4, 0.5) is 0 Å². The lowest BCUT2D eigenvalue weighted by molar-refractivity contribution is 0.0666. The molecule has 0 aliphatic heterocycles. The van der Waals surface area contributed by atoms with E-state index in [0.717, 1.165) is 24.7 Å². The van der Waals surface area contributed by atoms with E-state index in [-0.39, 0.29) is 0 Å². The van der Waals surface area contributed by atoms with Crippen molar-refractivity contribution in [2.24, 2.45) is 17.3 Å². The van der Waals surface area contributed by atoms with E-state index >= 15 is 0 Å². The summed E-state index contributed by atoms with van der Waals surface area (Å²) in [5.74, 6) is 1.54. The molecule has 0 aromatic heterocycles. The topological polar surface area (TPSA) is 20.2 Å². The number of rotatable bonds is 8. The van der Waals surface area contributed by atoms with Crippen LogP contribution in [0.2, 0.25) is 0 Å². The Morgan fingerprint density at radius 2 is 1.41 bits per heavy atom. The molecule has 0 rings (SSSR count). The number of hydrogen-bond acceptors (Lipinski definition) is 1. The van der Waals surface area contributed by atoms with Crippen molar-refractivity contribution < 1.29 is 5.11 Å². The Hall–Kier alpha value is -0.0400. The summed E-state index contributed by atoms with van der Waals surface area (Å²) in [6.07, 6.45) is 5.95. The minimum Gasteiger partial charge on any atom is -0.390 e. The summed E-state index contributed by atoms with van der Waals surface area (Å²) >= 11 is 0. The van der Waals surface area contributed by atoms with Crippen LogP contribution in [0.3, 0.4) is 0 Å². The van der Waals surface area contributed by atoms with Crippen LogP contribution >= 0.6 is 0 Å². The van der Waals surface area contributed by atoms with Crippen LogP contribution in [-0.4, -0.2) is 10.7 Å². The minimum atomic E-state index is -0.489. The van der Waals surface area contributed by atoms with E-state index in [2.05, 4.69) is 34.6 Å². The standard InChI is InChI=1S/C16H34O/c1-13(2)15(4,5)12-10-14(3)9-8-11-16(6,7)17/h13-14,17H,8-12H2,1-7H3. The van der Waals surface area contributed by atoms with Crippen LogP contribution in [0.15, 0.2) is 0 Å². The van der Waals surface area contributed by atoms with Crippen molar-refractivity contribution in [2.45, 2.75) is 86.2 Å². The molecular weight excluding hydrogens is 208 g/mol. The van der Waals surface area contributed by atoms with Crippen molar-refractivity contribution in [1.82, 2.24) is 0 Å². The molecule has 0 aromatic carbocycles. The zero-order valence-electron chi connectivity index (χ0n) is 13.1. The maximum atomic E-state index is 9.66. The lowest BCUT2D eigenvalue weighted by atomic mass is 9.75. The second-order valence-corrected chi connectivity index (χ2v) is 7.49. The smallest absolute Gasteiger partial charge is 0.0591 e. The highest BCUT2D eigenvalue weighted by molar-refractivity contribution is 4.74. The first-order valence-corrected chi connectivity index (χ1v) is 7.27. The summed E-state index contributed by atoms with van der Waals surface area (Å²) in [4.78, 5) is 0. The highest BCUT2D eigenvalue weighted by atomic mass is 16.3. The molecule has 17 heavy (non-hydrogen) atoms. The molecule has 1 atom stereocenters. The predicted molar refractivity (Wildman–Crippen MR) is 77.2 cm³/mol. The van der Waals surface area contributed by atoms with Gasteiger partial charge in [0, 0.05) is 0 Å². The van der Waals surface area contributed by atoms with Crippen LogP contribution in [0.25, 0.3) is 0 Å². The molecule has 0 saturated carbocycles. The normalized spacial score (nSPS) is 15.4. The van der Waals surface area contributed by atoms with Crippen LogP contribution in [0.1, 0.15) is 80.6 Å². The molecular formula is C16H34O. The Morgan fingerprint density at radius 3 is 1.82 bits per heavy atom. The van der Waals surface area contributed by atoms with Crippen molar-refractivity contribution in [3.63, 3.8) is 0 Å². The van der Waals surface area contributed by atoms with Gasteiger partial charge in [-0.1, -0.05) is 53.9 Å². The van der Waals surface area contributed by atoms with Gasteiger partial charge in [-0.2, -0.15) is 0 Å². The van der Waals surface area contributed by atoms with Crippen molar-refractivity contribution in [1.29, 1.82) is 0 Å². The van der Waals surface area contributed by atoms with Crippen molar-refractivity contribution in [3.8, 4) is 0 Å². The lowest BCUT2D eigenvalue weighted by Crippen LogP contribution is -2.20. The highest BCUT2D eigenvalue weighted by Gasteiger charge is 2.22. The van der Waals surface area contributed by atoms with E-state index in [4.69, 9.17) is 0 Å². The molecule has 0 spiro atoms. The number of hydrogen-bond donors (Lipinski definition) is 1. The first-order chi connectivity index (χ1) is 7.54. The third-order valence-corrected chi connectivity index (χ3v) is 4.33. The average Bonchev–Trinajstić information content (AvgIpc) is 2.12. The fourth-order valence-corrected chi connectivity index (χ4v) is 1.93. The van der Waals surface area contributed by atoms with Gasteiger partial charge >= 0.3 is 0 Å². The first kappa shape index (κ1) is 17.0. The third-order valence-electron chi connectivity index (χ3n) is 4.33. The average molecular weight is 242 g/mol. The molecule has 0 radical (unpaired) electrons. The van der Waals surface area contributed by atoms with E-state index in [1.807, 2.05) is 13.8 Å². The second kappa shape index (κ2) is 6.78.